The van der Waals surface area contributed by atoms with Gasteiger partial charge < -0.3 is 10.1 Å². The van der Waals surface area contributed by atoms with Crippen molar-refractivity contribution in [2.75, 3.05) is 12.4 Å². The van der Waals surface area contributed by atoms with Gasteiger partial charge in [0.15, 0.2) is 5.54 Å². The lowest BCUT2D eigenvalue weighted by atomic mass is 9.87. The van der Waals surface area contributed by atoms with Gasteiger partial charge in [-0.1, -0.05) is 41.9 Å². The highest BCUT2D eigenvalue weighted by Crippen LogP contribution is 2.40. The largest absolute Gasteiger partial charge is 0.467 e. The third kappa shape index (κ3) is 1.95. The summed E-state index contributed by atoms with van der Waals surface area (Å²) in [5.74, 6) is -0.295. The Bertz CT molecular complexity index is 627. The van der Waals surface area contributed by atoms with E-state index in [1.54, 1.807) is 12.1 Å². The van der Waals surface area contributed by atoms with Crippen LogP contribution in [-0.4, -0.2) is 13.1 Å². The van der Waals surface area contributed by atoms with Crippen LogP contribution in [0.2, 0.25) is 5.02 Å². The van der Waals surface area contributed by atoms with E-state index in [2.05, 4.69) is 5.32 Å². The zero-order valence-corrected chi connectivity index (χ0v) is 11.8. The highest BCUT2D eigenvalue weighted by atomic mass is 35.5. The van der Waals surface area contributed by atoms with Crippen molar-refractivity contribution in [3.63, 3.8) is 0 Å². The lowest BCUT2D eigenvalue weighted by molar-refractivity contribution is -0.146. The molecule has 0 aliphatic carbocycles. The molecular weight excluding hydrogens is 274 g/mol. The summed E-state index contributed by atoms with van der Waals surface area (Å²) in [6, 6.07) is 15.2. The lowest BCUT2D eigenvalue weighted by Crippen LogP contribution is -2.42. The second kappa shape index (κ2) is 4.84. The maximum absolute atomic E-state index is 12.4. The number of rotatable bonds is 2. The molecule has 2 aromatic carbocycles. The molecule has 1 N–H and O–H groups in total. The number of hydrogen-bond acceptors (Lipinski definition) is 3. The van der Waals surface area contributed by atoms with Gasteiger partial charge in [-0.2, -0.15) is 0 Å². The van der Waals surface area contributed by atoms with E-state index in [1.807, 2.05) is 36.4 Å². The molecule has 1 aliphatic heterocycles. The molecule has 0 aromatic heterocycles. The minimum absolute atomic E-state index is 0.295. The van der Waals surface area contributed by atoms with Crippen molar-refractivity contribution in [3.05, 3.63) is 64.7 Å². The molecule has 3 nitrogen and oxygen atoms in total. The first kappa shape index (κ1) is 13.0. The number of anilines is 1. The Kier molecular flexibility index (Phi) is 3.14. The average Bonchev–Trinajstić information content (AvgIpc) is 2.87. The molecule has 20 heavy (non-hydrogen) atoms. The van der Waals surface area contributed by atoms with E-state index in [9.17, 15) is 4.79 Å². The molecule has 1 atom stereocenters. The van der Waals surface area contributed by atoms with Crippen LogP contribution in [0.1, 0.15) is 11.1 Å². The number of fused-ring (bicyclic) bond motifs is 1. The summed E-state index contributed by atoms with van der Waals surface area (Å²) in [5.41, 5.74) is 2.05. The van der Waals surface area contributed by atoms with Gasteiger partial charge in [-0.25, -0.2) is 4.79 Å². The molecular formula is C16H14ClNO2. The number of carbonyl (C=O) groups is 1. The summed E-state index contributed by atoms with van der Waals surface area (Å²) in [7, 11) is 1.41. The third-order valence-corrected chi connectivity index (χ3v) is 3.94. The first-order valence-electron chi connectivity index (χ1n) is 6.36. The highest BCUT2D eigenvalue weighted by molar-refractivity contribution is 6.30. The van der Waals surface area contributed by atoms with Crippen LogP contribution in [0.3, 0.4) is 0 Å². The van der Waals surface area contributed by atoms with Crippen molar-refractivity contribution in [2.45, 2.75) is 12.0 Å². The smallest absolute Gasteiger partial charge is 0.336 e. The molecule has 0 saturated carbocycles. The van der Waals surface area contributed by atoms with E-state index >= 15 is 0 Å². The van der Waals surface area contributed by atoms with E-state index in [1.165, 1.54) is 7.11 Å². The van der Waals surface area contributed by atoms with E-state index in [0.29, 0.717) is 11.4 Å². The van der Waals surface area contributed by atoms with Crippen LogP contribution in [0.15, 0.2) is 48.5 Å². The summed E-state index contributed by atoms with van der Waals surface area (Å²) >= 11 is 5.93. The number of para-hydroxylation sites is 1. The quantitative estimate of drug-likeness (QED) is 0.861. The topological polar surface area (TPSA) is 38.3 Å². The molecule has 1 aliphatic rings. The predicted molar refractivity (Wildman–Crippen MR) is 78.9 cm³/mol. The van der Waals surface area contributed by atoms with Crippen molar-refractivity contribution >= 4 is 23.3 Å². The predicted octanol–water partition coefficient (Wildman–Crippen LogP) is 3.38. The maximum Gasteiger partial charge on any atom is 0.336 e. The Morgan fingerprint density at radius 3 is 2.55 bits per heavy atom. The molecule has 1 unspecified atom stereocenters. The van der Waals surface area contributed by atoms with E-state index in [4.69, 9.17) is 16.3 Å². The SMILES string of the molecule is COC(=O)C1(c2ccc(Cl)cc2)Cc2ccccc2N1. The molecule has 1 heterocycles. The number of benzene rings is 2. The normalized spacial score (nSPS) is 20.1. The third-order valence-electron chi connectivity index (χ3n) is 3.69. The van der Waals surface area contributed by atoms with Crippen molar-refractivity contribution in [2.24, 2.45) is 0 Å². The van der Waals surface area contributed by atoms with Gasteiger partial charge in [0.2, 0.25) is 0 Å². The Morgan fingerprint density at radius 2 is 1.90 bits per heavy atom. The monoisotopic (exact) mass is 287 g/mol. The number of carbonyl (C=O) groups excluding carboxylic acids is 1. The van der Waals surface area contributed by atoms with Gasteiger partial charge in [0.1, 0.15) is 0 Å². The van der Waals surface area contributed by atoms with Crippen LogP contribution < -0.4 is 5.32 Å². The van der Waals surface area contributed by atoms with E-state index in [0.717, 1.165) is 16.8 Å². The second-order valence-corrected chi connectivity index (χ2v) is 5.30. The van der Waals surface area contributed by atoms with Crippen LogP contribution >= 0.6 is 11.6 Å². The molecule has 102 valence electrons. The fourth-order valence-corrected chi connectivity index (χ4v) is 2.81. The number of esters is 1. The van der Waals surface area contributed by atoms with Gasteiger partial charge in [0, 0.05) is 17.1 Å². The first-order valence-corrected chi connectivity index (χ1v) is 6.74. The number of halogens is 1. The molecule has 3 rings (SSSR count). The summed E-state index contributed by atoms with van der Waals surface area (Å²) in [5, 5.41) is 3.96. The summed E-state index contributed by atoms with van der Waals surface area (Å²) < 4.78 is 5.02. The Labute approximate surface area is 122 Å². The van der Waals surface area contributed by atoms with Crippen LogP contribution in [0, 0.1) is 0 Å². The number of hydrogen-bond donors (Lipinski definition) is 1. The summed E-state index contributed by atoms with van der Waals surface area (Å²) in [6.45, 7) is 0. The maximum atomic E-state index is 12.4. The fraction of sp³-hybridized carbons (Fsp3) is 0.188. The second-order valence-electron chi connectivity index (χ2n) is 4.86. The van der Waals surface area contributed by atoms with E-state index < -0.39 is 5.54 Å². The highest BCUT2D eigenvalue weighted by Gasteiger charge is 2.46. The minimum atomic E-state index is -0.872. The van der Waals surface area contributed by atoms with E-state index in [-0.39, 0.29) is 5.97 Å². The van der Waals surface area contributed by atoms with Crippen molar-refractivity contribution in [3.8, 4) is 0 Å². The Morgan fingerprint density at radius 1 is 1.20 bits per heavy atom. The molecule has 0 amide bonds. The van der Waals surface area contributed by atoms with Gasteiger partial charge in [0.05, 0.1) is 7.11 Å². The Hall–Kier alpha value is -2.00. The van der Waals surface area contributed by atoms with Crippen LogP contribution in [0.25, 0.3) is 0 Å². The number of nitrogens with one attached hydrogen (secondary N) is 1. The van der Waals surface area contributed by atoms with Crippen LogP contribution in [-0.2, 0) is 21.5 Å². The van der Waals surface area contributed by atoms with Gasteiger partial charge in [-0.3, -0.25) is 0 Å². The van der Waals surface area contributed by atoms with Crippen molar-refractivity contribution in [1.29, 1.82) is 0 Å². The lowest BCUT2D eigenvalue weighted by Gasteiger charge is -2.27. The van der Waals surface area contributed by atoms with Gasteiger partial charge in [-0.05, 0) is 29.3 Å². The standard InChI is InChI=1S/C16H14ClNO2/c1-20-15(19)16(12-6-8-13(17)9-7-12)10-11-4-2-3-5-14(11)18-16/h2-9,18H,10H2,1H3. The van der Waals surface area contributed by atoms with Crippen molar-refractivity contribution < 1.29 is 9.53 Å². The minimum Gasteiger partial charge on any atom is -0.467 e. The van der Waals surface area contributed by atoms with Crippen LogP contribution in [0.5, 0.6) is 0 Å². The number of methoxy groups -OCH3 is 1. The Balaban J connectivity index is 2.09. The van der Waals surface area contributed by atoms with Gasteiger partial charge in [-0.15, -0.1) is 0 Å². The van der Waals surface area contributed by atoms with Gasteiger partial charge in [0.25, 0.3) is 0 Å². The summed E-state index contributed by atoms with van der Waals surface area (Å²) in [6.07, 6.45) is 0.567. The zero-order valence-electron chi connectivity index (χ0n) is 11.0. The first-order chi connectivity index (χ1) is 9.65. The zero-order chi connectivity index (χ0) is 14.2. The molecule has 4 heteroatoms. The van der Waals surface area contributed by atoms with Crippen molar-refractivity contribution in [1.82, 2.24) is 0 Å². The number of ether oxygens (including phenoxy) is 1. The molecule has 0 saturated heterocycles. The van der Waals surface area contributed by atoms with Crippen LogP contribution in [0.4, 0.5) is 5.69 Å². The molecule has 2 aromatic rings. The average molecular weight is 288 g/mol. The fourth-order valence-electron chi connectivity index (χ4n) is 2.68. The molecule has 0 bridgehead atoms. The molecule has 0 spiro atoms. The van der Waals surface area contributed by atoms with Gasteiger partial charge >= 0.3 is 5.97 Å². The summed E-state index contributed by atoms with van der Waals surface area (Å²) in [4.78, 5) is 12.4. The molecule has 0 radical (unpaired) electrons. The molecule has 0 fully saturated rings.